The molecule has 0 radical (unpaired) electrons. The van der Waals surface area contributed by atoms with Gasteiger partial charge in [-0.05, 0) is 41.7 Å². The molecule has 2 aromatic heterocycles. The number of nitrogens with one attached hydrogen (secondary N) is 1. The molecule has 1 aliphatic rings. The first-order valence-corrected chi connectivity index (χ1v) is 7.01. The lowest BCUT2D eigenvalue weighted by molar-refractivity contribution is 0.634. The van der Waals surface area contributed by atoms with Crippen LogP contribution in [0.4, 0.5) is 0 Å². The van der Waals surface area contributed by atoms with Gasteiger partial charge in [0.05, 0.1) is 12.0 Å². The van der Waals surface area contributed by atoms with Crippen molar-refractivity contribution in [3.8, 4) is 0 Å². The zero-order valence-corrected chi connectivity index (χ0v) is 10.8. The van der Waals surface area contributed by atoms with Gasteiger partial charge in [-0.3, -0.25) is 0 Å². The van der Waals surface area contributed by atoms with Gasteiger partial charge in [0.15, 0.2) is 0 Å². The lowest BCUT2D eigenvalue weighted by Gasteiger charge is -2.08. The van der Waals surface area contributed by atoms with E-state index >= 15 is 0 Å². The van der Waals surface area contributed by atoms with E-state index in [1.54, 1.807) is 11.3 Å². The van der Waals surface area contributed by atoms with Gasteiger partial charge in [-0.2, -0.15) is 11.3 Å². The van der Waals surface area contributed by atoms with Crippen molar-refractivity contribution in [2.75, 3.05) is 0 Å². The first-order valence-electron chi connectivity index (χ1n) is 6.07. The van der Waals surface area contributed by atoms with Gasteiger partial charge in [-0.25, -0.2) is 4.98 Å². The fraction of sp³-hybridized carbons (Fsp3) is 0.462. The Balaban J connectivity index is 1.69. The molecule has 0 saturated heterocycles. The molecule has 1 saturated carbocycles. The van der Waals surface area contributed by atoms with E-state index in [0.717, 1.165) is 19.1 Å². The molecule has 1 aliphatic carbocycles. The maximum absolute atomic E-state index is 4.26. The first kappa shape index (κ1) is 11.0. The summed E-state index contributed by atoms with van der Waals surface area (Å²) in [6.45, 7) is 4.05. The summed E-state index contributed by atoms with van der Waals surface area (Å²) in [5.74, 6) is 0. The normalized spacial score (nSPS) is 15.4. The second-order valence-electron chi connectivity index (χ2n) is 4.75. The van der Waals surface area contributed by atoms with Crippen molar-refractivity contribution in [2.24, 2.45) is 0 Å². The van der Waals surface area contributed by atoms with E-state index in [4.69, 9.17) is 0 Å². The van der Waals surface area contributed by atoms with Crippen molar-refractivity contribution in [3.63, 3.8) is 0 Å². The minimum Gasteiger partial charge on any atom is -0.329 e. The van der Waals surface area contributed by atoms with Crippen LogP contribution in [-0.4, -0.2) is 15.6 Å². The van der Waals surface area contributed by atoms with Crippen molar-refractivity contribution in [1.29, 1.82) is 0 Å². The largest absolute Gasteiger partial charge is 0.329 e. The highest BCUT2D eigenvalue weighted by Crippen LogP contribution is 2.20. The summed E-state index contributed by atoms with van der Waals surface area (Å²) in [5, 5.41) is 7.97. The number of hydrogen-bond donors (Lipinski definition) is 1. The van der Waals surface area contributed by atoms with Crippen molar-refractivity contribution in [3.05, 3.63) is 40.1 Å². The Bertz CT molecular complexity index is 496. The van der Waals surface area contributed by atoms with Crippen LogP contribution in [0.25, 0.3) is 0 Å². The molecule has 0 atom stereocenters. The van der Waals surface area contributed by atoms with Gasteiger partial charge in [0.25, 0.3) is 0 Å². The predicted octanol–water partition coefficient (Wildman–Crippen LogP) is 2.55. The molecular weight excluding hydrogens is 230 g/mol. The van der Waals surface area contributed by atoms with Crippen LogP contribution >= 0.6 is 11.3 Å². The van der Waals surface area contributed by atoms with Crippen LogP contribution in [-0.2, 0) is 13.1 Å². The molecule has 2 aromatic rings. The minimum absolute atomic E-state index is 0.751. The summed E-state index contributed by atoms with van der Waals surface area (Å²) in [5.41, 5.74) is 4.06. The van der Waals surface area contributed by atoms with Crippen molar-refractivity contribution in [2.45, 2.75) is 38.9 Å². The van der Waals surface area contributed by atoms with Gasteiger partial charge >= 0.3 is 0 Å². The van der Waals surface area contributed by atoms with Gasteiger partial charge < -0.3 is 9.88 Å². The molecule has 0 bridgehead atoms. The van der Waals surface area contributed by atoms with Crippen LogP contribution in [0.2, 0.25) is 0 Å². The molecule has 0 aliphatic heterocycles. The van der Waals surface area contributed by atoms with Crippen LogP contribution in [0.3, 0.4) is 0 Å². The Morgan fingerprint density at radius 1 is 1.47 bits per heavy atom. The van der Waals surface area contributed by atoms with Gasteiger partial charge in [0.1, 0.15) is 0 Å². The highest BCUT2D eigenvalue weighted by molar-refractivity contribution is 7.08. The molecular formula is C13H17N3S. The van der Waals surface area contributed by atoms with E-state index in [1.807, 2.05) is 12.5 Å². The molecule has 1 fully saturated rings. The van der Waals surface area contributed by atoms with Crippen LogP contribution < -0.4 is 5.32 Å². The van der Waals surface area contributed by atoms with E-state index in [-0.39, 0.29) is 0 Å². The molecule has 0 amide bonds. The highest BCUT2D eigenvalue weighted by atomic mass is 32.1. The number of thiophene rings is 1. The van der Waals surface area contributed by atoms with Gasteiger partial charge in [0, 0.05) is 25.3 Å². The van der Waals surface area contributed by atoms with Crippen LogP contribution in [0.1, 0.15) is 29.7 Å². The third-order valence-electron chi connectivity index (χ3n) is 3.25. The molecule has 0 unspecified atom stereocenters. The number of nitrogens with zero attached hydrogens (tertiary/aromatic N) is 2. The first-order chi connectivity index (χ1) is 8.33. The fourth-order valence-corrected chi connectivity index (χ4v) is 2.75. The van der Waals surface area contributed by atoms with E-state index in [0.29, 0.717) is 0 Å². The molecule has 90 valence electrons. The zero-order chi connectivity index (χ0) is 11.7. The van der Waals surface area contributed by atoms with Crippen molar-refractivity contribution < 1.29 is 0 Å². The monoisotopic (exact) mass is 247 g/mol. The highest BCUT2D eigenvalue weighted by Gasteiger charge is 2.20. The van der Waals surface area contributed by atoms with Crippen LogP contribution in [0, 0.1) is 6.92 Å². The molecule has 0 aromatic carbocycles. The Hall–Kier alpha value is -1.13. The second kappa shape index (κ2) is 4.63. The average molecular weight is 247 g/mol. The lowest BCUT2D eigenvalue weighted by Crippen LogP contribution is -2.18. The van der Waals surface area contributed by atoms with Crippen molar-refractivity contribution >= 4 is 11.3 Å². The van der Waals surface area contributed by atoms with Crippen LogP contribution in [0.15, 0.2) is 23.3 Å². The van der Waals surface area contributed by atoms with Gasteiger partial charge in [-0.15, -0.1) is 0 Å². The number of aryl methyl sites for hydroxylation is 1. The number of aromatic nitrogens is 2. The summed E-state index contributed by atoms with van der Waals surface area (Å²) in [4.78, 5) is 4.26. The fourth-order valence-electron chi connectivity index (χ4n) is 1.91. The van der Waals surface area contributed by atoms with Gasteiger partial charge in [0.2, 0.25) is 0 Å². The zero-order valence-electron chi connectivity index (χ0n) is 10.0. The molecule has 0 spiro atoms. The standard InChI is InChI=1S/C13H17N3S/c1-10-7-17-8-11(10)6-16-9-14-4-13(16)5-15-12-2-3-12/h4,7-9,12,15H,2-3,5-6H2,1H3. The van der Waals surface area contributed by atoms with E-state index in [2.05, 4.69) is 32.6 Å². The number of imidazole rings is 1. The number of hydrogen-bond acceptors (Lipinski definition) is 3. The second-order valence-corrected chi connectivity index (χ2v) is 5.49. The third-order valence-corrected chi connectivity index (χ3v) is 4.16. The summed E-state index contributed by atoms with van der Waals surface area (Å²) in [6, 6.07) is 0.751. The maximum atomic E-state index is 4.26. The average Bonchev–Trinajstić information content (AvgIpc) is 2.92. The predicted molar refractivity (Wildman–Crippen MR) is 70.2 cm³/mol. The topological polar surface area (TPSA) is 29.9 Å². The molecule has 1 N–H and O–H groups in total. The van der Waals surface area contributed by atoms with E-state index in [1.165, 1.54) is 29.7 Å². The lowest BCUT2D eigenvalue weighted by atomic mass is 10.2. The number of rotatable bonds is 5. The summed E-state index contributed by atoms with van der Waals surface area (Å²) < 4.78 is 2.24. The van der Waals surface area contributed by atoms with Gasteiger partial charge in [-0.1, -0.05) is 0 Å². The summed E-state index contributed by atoms with van der Waals surface area (Å²) in [7, 11) is 0. The van der Waals surface area contributed by atoms with Crippen LogP contribution in [0.5, 0.6) is 0 Å². The van der Waals surface area contributed by atoms with E-state index < -0.39 is 0 Å². The Morgan fingerprint density at radius 2 is 2.35 bits per heavy atom. The third kappa shape index (κ3) is 2.58. The van der Waals surface area contributed by atoms with Crippen molar-refractivity contribution in [1.82, 2.24) is 14.9 Å². The summed E-state index contributed by atoms with van der Waals surface area (Å²) >= 11 is 1.77. The molecule has 3 nitrogen and oxygen atoms in total. The Kier molecular flexibility index (Phi) is 2.99. The molecule has 17 heavy (non-hydrogen) atoms. The summed E-state index contributed by atoms with van der Waals surface area (Å²) in [6.07, 6.45) is 6.56. The quantitative estimate of drug-likeness (QED) is 0.880. The molecule has 4 heteroatoms. The smallest absolute Gasteiger partial charge is 0.0951 e. The Morgan fingerprint density at radius 3 is 3.06 bits per heavy atom. The maximum Gasteiger partial charge on any atom is 0.0951 e. The molecule has 3 rings (SSSR count). The van der Waals surface area contributed by atoms with E-state index in [9.17, 15) is 0 Å². The Labute approximate surface area is 106 Å². The molecule has 2 heterocycles. The minimum atomic E-state index is 0.751. The SMILES string of the molecule is Cc1cscc1Cn1cncc1CNC1CC1.